The van der Waals surface area contributed by atoms with E-state index < -0.39 is 24.9 Å². The Morgan fingerprint density at radius 3 is 1.32 bits per heavy atom. The van der Waals surface area contributed by atoms with E-state index in [4.69, 9.17) is 0 Å². The zero-order chi connectivity index (χ0) is 23.0. The lowest BCUT2D eigenvalue weighted by Crippen LogP contribution is -2.12. The molecule has 0 atom stereocenters. The minimum Gasteiger partial charge on any atom is -0.282 e. The van der Waals surface area contributed by atoms with E-state index in [1.165, 1.54) is 95.2 Å². The summed E-state index contributed by atoms with van der Waals surface area (Å²) < 4.78 is 57.0. The molecule has 7 heteroatoms. The second-order valence-electron chi connectivity index (χ2n) is 8.54. The van der Waals surface area contributed by atoms with Gasteiger partial charge in [-0.25, -0.2) is 8.42 Å². The second kappa shape index (κ2) is 15.8. The lowest BCUT2D eigenvalue weighted by Gasteiger charge is -2.08. The van der Waals surface area contributed by atoms with Crippen LogP contribution in [0.3, 0.4) is 0 Å². The van der Waals surface area contributed by atoms with Gasteiger partial charge in [-0.05, 0) is 18.6 Å². The van der Waals surface area contributed by atoms with Crippen LogP contribution >= 0.6 is 0 Å². The van der Waals surface area contributed by atoms with Crippen LogP contribution in [-0.4, -0.2) is 27.1 Å². The lowest BCUT2D eigenvalue weighted by atomic mass is 10.0. The highest BCUT2D eigenvalue weighted by atomic mass is 32.2. The van der Waals surface area contributed by atoms with E-state index in [-0.39, 0.29) is 10.6 Å². The zero-order valence-electron chi connectivity index (χ0n) is 19.2. The fraction of sp³-hybridized carbons (Fsp3) is 0.750. The largest absolute Gasteiger partial charge is 0.295 e. The second-order valence-corrected chi connectivity index (χ2v) is 12.0. The van der Waals surface area contributed by atoms with Crippen molar-refractivity contribution < 1.29 is 21.4 Å². The van der Waals surface area contributed by atoms with Crippen molar-refractivity contribution in [2.24, 2.45) is 0 Å². The van der Waals surface area contributed by atoms with Gasteiger partial charge in [-0.1, -0.05) is 115 Å². The van der Waals surface area contributed by atoms with Gasteiger partial charge >= 0.3 is 0 Å². The number of sulfone groups is 1. The van der Waals surface area contributed by atoms with Crippen molar-refractivity contribution in [3.05, 3.63) is 24.3 Å². The minimum absolute atomic E-state index is 0.0992. The van der Waals surface area contributed by atoms with Crippen molar-refractivity contribution in [3.63, 3.8) is 0 Å². The third kappa shape index (κ3) is 12.6. The molecule has 1 rings (SSSR count). The quantitative estimate of drug-likeness (QED) is 0.173. The molecule has 0 aliphatic rings. The molecule has 1 aromatic carbocycles. The first-order valence-electron chi connectivity index (χ1n) is 12.1. The van der Waals surface area contributed by atoms with Crippen LogP contribution in [0.4, 0.5) is 0 Å². The molecule has 0 aliphatic carbocycles. The van der Waals surface area contributed by atoms with E-state index >= 15 is 0 Å². The van der Waals surface area contributed by atoms with Gasteiger partial charge in [-0.15, -0.1) is 0 Å². The Morgan fingerprint density at radius 2 is 0.935 bits per heavy atom. The van der Waals surface area contributed by atoms with E-state index in [1.54, 1.807) is 0 Å². The molecule has 0 unspecified atom stereocenters. The average Bonchev–Trinajstić information content (AvgIpc) is 2.73. The molecule has 0 radical (unpaired) electrons. The third-order valence-corrected chi connectivity index (χ3v) is 8.62. The molecular weight excluding hydrogens is 432 g/mol. The minimum atomic E-state index is -4.56. The maximum absolute atomic E-state index is 12.5. The van der Waals surface area contributed by atoms with E-state index in [2.05, 4.69) is 6.92 Å². The van der Waals surface area contributed by atoms with Gasteiger partial charge in [0.15, 0.2) is 9.84 Å². The van der Waals surface area contributed by atoms with Crippen LogP contribution in [-0.2, 0) is 20.0 Å². The summed E-state index contributed by atoms with van der Waals surface area (Å²) in [6.07, 6.45) is 19.4. The smallest absolute Gasteiger partial charge is 0.282 e. The molecule has 0 amide bonds. The molecule has 0 saturated heterocycles. The van der Waals surface area contributed by atoms with Crippen LogP contribution in [0.2, 0.25) is 0 Å². The Morgan fingerprint density at radius 1 is 0.581 bits per heavy atom. The fourth-order valence-electron chi connectivity index (χ4n) is 3.87. The first kappa shape index (κ1) is 28.1. The van der Waals surface area contributed by atoms with Gasteiger partial charge < -0.3 is 0 Å². The molecule has 0 fully saturated rings. The molecule has 0 bridgehead atoms. The molecule has 0 aromatic heterocycles. The Bertz CT molecular complexity index is 801. The van der Waals surface area contributed by atoms with E-state index in [0.717, 1.165) is 25.3 Å². The number of unbranched alkanes of at least 4 members (excludes halogenated alkanes) is 15. The Labute approximate surface area is 190 Å². The first-order valence-corrected chi connectivity index (χ1v) is 15.2. The molecule has 0 heterocycles. The van der Waals surface area contributed by atoms with Crippen molar-refractivity contribution in [1.82, 2.24) is 0 Å². The molecule has 1 aromatic rings. The van der Waals surface area contributed by atoms with Crippen molar-refractivity contribution >= 4 is 20.0 Å². The summed E-state index contributed by atoms with van der Waals surface area (Å²) in [6, 6.07) is 5.23. The van der Waals surface area contributed by atoms with Crippen LogP contribution in [0.25, 0.3) is 0 Å². The molecular formula is C24H42O5S2. The van der Waals surface area contributed by atoms with Gasteiger partial charge in [-0.2, -0.15) is 8.42 Å². The zero-order valence-corrected chi connectivity index (χ0v) is 20.9. The summed E-state index contributed by atoms with van der Waals surface area (Å²) in [6.45, 7) is 2.25. The standard InChI is InChI=1S/C24H42O5S2/c1-2-3-4-5-6-7-8-9-10-11-12-13-14-15-16-19-22-30(25,26)23-20-17-18-21-24(23)31(27,28)29/h17-18,20-21H,2-16,19,22H2,1H3,(H,27,28,29). The van der Waals surface area contributed by atoms with E-state index in [1.807, 2.05) is 0 Å². The molecule has 0 saturated carbocycles. The van der Waals surface area contributed by atoms with Gasteiger partial charge in [0.05, 0.1) is 10.6 Å². The molecule has 0 spiro atoms. The van der Waals surface area contributed by atoms with E-state index in [0.29, 0.717) is 6.42 Å². The van der Waals surface area contributed by atoms with Crippen molar-refractivity contribution in [2.45, 2.75) is 119 Å². The predicted octanol–water partition coefficient (Wildman–Crippen LogP) is 6.97. The SMILES string of the molecule is CCCCCCCCCCCCCCCCCCS(=O)(=O)c1ccccc1S(=O)(=O)O. The summed E-state index contributed by atoms with van der Waals surface area (Å²) in [5, 5.41) is 0. The summed E-state index contributed by atoms with van der Waals surface area (Å²) >= 11 is 0. The number of benzene rings is 1. The average molecular weight is 475 g/mol. The Balaban J connectivity index is 2.07. The van der Waals surface area contributed by atoms with E-state index in [9.17, 15) is 21.4 Å². The van der Waals surface area contributed by atoms with Gasteiger partial charge in [0, 0.05) is 0 Å². The number of hydrogen-bond donors (Lipinski definition) is 1. The van der Waals surface area contributed by atoms with Crippen molar-refractivity contribution in [3.8, 4) is 0 Å². The first-order chi connectivity index (χ1) is 14.8. The van der Waals surface area contributed by atoms with Gasteiger partial charge in [0.25, 0.3) is 10.1 Å². The van der Waals surface area contributed by atoms with Crippen LogP contribution in [0.1, 0.15) is 110 Å². The van der Waals surface area contributed by atoms with Crippen LogP contribution in [0, 0.1) is 0 Å². The summed E-state index contributed by atoms with van der Waals surface area (Å²) in [4.78, 5) is -0.843. The monoisotopic (exact) mass is 474 g/mol. The number of hydrogen-bond acceptors (Lipinski definition) is 4. The summed E-state index contributed by atoms with van der Waals surface area (Å²) in [5.74, 6) is -0.0992. The molecule has 31 heavy (non-hydrogen) atoms. The Hall–Kier alpha value is -0.920. The summed E-state index contributed by atoms with van der Waals surface area (Å²) in [5.41, 5.74) is 0. The lowest BCUT2D eigenvalue weighted by molar-refractivity contribution is 0.479. The van der Waals surface area contributed by atoms with Crippen molar-refractivity contribution in [2.75, 3.05) is 5.75 Å². The van der Waals surface area contributed by atoms with Crippen LogP contribution in [0.5, 0.6) is 0 Å². The number of rotatable bonds is 19. The van der Waals surface area contributed by atoms with Gasteiger partial charge in [-0.3, -0.25) is 4.55 Å². The summed E-state index contributed by atoms with van der Waals surface area (Å²) in [7, 11) is -8.29. The fourth-order valence-corrected chi connectivity index (χ4v) is 6.60. The van der Waals surface area contributed by atoms with Crippen molar-refractivity contribution in [1.29, 1.82) is 0 Å². The highest BCUT2D eigenvalue weighted by Crippen LogP contribution is 2.23. The normalized spacial score (nSPS) is 12.3. The Kier molecular flexibility index (Phi) is 14.3. The predicted molar refractivity (Wildman–Crippen MR) is 128 cm³/mol. The van der Waals surface area contributed by atoms with Gasteiger partial charge in [0.1, 0.15) is 4.90 Å². The highest BCUT2D eigenvalue weighted by Gasteiger charge is 2.24. The van der Waals surface area contributed by atoms with Gasteiger partial charge in [0.2, 0.25) is 0 Å². The van der Waals surface area contributed by atoms with Crippen LogP contribution in [0.15, 0.2) is 34.1 Å². The molecule has 0 aliphatic heterocycles. The van der Waals surface area contributed by atoms with Crippen LogP contribution < -0.4 is 0 Å². The maximum atomic E-state index is 12.5. The maximum Gasteiger partial charge on any atom is 0.295 e. The topological polar surface area (TPSA) is 88.5 Å². The molecule has 5 nitrogen and oxygen atoms in total. The highest BCUT2D eigenvalue weighted by molar-refractivity contribution is 7.92. The third-order valence-electron chi connectivity index (χ3n) is 5.73. The molecule has 1 N–H and O–H groups in total. The molecule has 180 valence electrons.